The van der Waals surface area contributed by atoms with Crippen LogP contribution >= 0.6 is 11.8 Å². The molecule has 0 aromatic heterocycles. The van der Waals surface area contributed by atoms with Crippen molar-refractivity contribution in [3.63, 3.8) is 0 Å². The van der Waals surface area contributed by atoms with E-state index in [1.165, 1.54) is 0 Å². The predicted octanol–water partition coefficient (Wildman–Crippen LogP) is 1.62. The molecular formula is C16H26FN3OS. The fourth-order valence-electron chi connectivity index (χ4n) is 4.82. The molecule has 0 aromatic rings. The Morgan fingerprint density at radius 2 is 2.09 bits per heavy atom. The van der Waals surface area contributed by atoms with Crippen LogP contribution in [0.25, 0.3) is 0 Å². The molecule has 124 valence electrons. The number of hydrogen-bond acceptors (Lipinski definition) is 4. The van der Waals surface area contributed by atoms with Gasteiger partial charge in [-0.05, 0) is 56.9 Å². The smallest absolute Gasteiger partial charge is 0.226 e. The molecule has 6 heteroatoms. The molecule has 1 amide bonds. The normalized spacial score (nSPS) is 47.8. The van der Waals surface area contributed by atoms with Crippen LogP contribution in [0.3, 0.4) is 0 Å². The Morgan fingerprint density at radius 1 is 1.18 bits per heavy atom. The maximum atomic E-state index is 13.6. The van der Waals surface area contributed by atoms with Crippen molar-refractivity contribution in [2.24, 2.45) is 17.8 Å². The highest BCUT2D eigenvalue weighted by Crippen LogP contribution is 2.48. The van der Waals surface area contributed by atoms with E-state index in [4.69, 9.17) is 0 Å². The van der Waals surface area contributed by atoms with Crippen molar-refractivity contribution in [1.29, 1.82) is 0 Å². The summed E-state index contributed by atoms with van der Waals surface area (Å²) < 4.78 is 13.6. The summed E-state index contributed by atoms with van der Waals surface area (Å²) >= 11 is 1.88. The van der Waals surface area contributed by atoms with E-state index in [0.717, 1.165) is 51.6 Å². The number of thioether (sulfide) groups is 1. The number of rotatable bonds is 2. The van der Waals surface area contributed by atoms with Gasteiger partial charge in [-0.3, -0.25) is 10.1 Å². The molecule has 0 radical (unpaired) electrons. The van der Waals surface area contributed by atoms with Gasteiger partial charge in [-0.15, -0.1) is 11.8 Å². The molecule has 2 saturated carbocycles. The van der Waals surface area contributed by atoms with Crippen LogP contribution < -0.4 is 16.0 Å². The largest absolute Gasteiger partial charge is 0.332 e. The summed E-state index contributed by atoms with van der Waals surface area (Å²) in [6.07, 6.45) is 5.15. The van der Waals surface area contributed by atoms with Gasteiger partial charge in [-0.2, -0.15) is 0 Å². The Labute approximate surface area is 135 Å². The first-order valence-electron chi connectivity index (χ1n) is 8.77. The number of carbonyl (C=O) groups excluding carboxylic acids is 1. The van der Waals surface area contributed by atoms with Crippen molar-refractivity contribution in [3.8, 4) is 0 Å². The fourth-order valence-corrected chi connectivity index (χ4v) is 6.53. The third-order valence-corrected chi connectivity index (χ3v) is 7.53. The summed E-state index contributed by atoms with van der Waals surface area (Å²) in [6.45, 7) is 1.75. The van der Waals surface area contributed by atoms with Crippen molar-refractivity contribution in [3.05, 3.63) is 0 Å². The molecule has 2 saturated heterocycles. The molecule has 22 heavy (non-hydrogen) atoms. The Hall–Kier alpha value is -0.330. The lowest BCUT2D eigenvalue weighted by atomic mass is 9.68. The minimum Gasteiger partial charge on any atom is -0.332 e. The molecule has 2 aliphatic heterocycles. The second kappa shape index (κ2) is 6.29. The quantitative estimate of drug-likeness (QED) is 0.721. The highest BCUT2D eigenvalue weighted by atomic mass is 32.2. The van der Waals surface area contributed by atoms with E-state index in [0.29, 0.717) is 23.1 Å². The van der Waals surface area contributed by atoms with Crippen molar-refractivity contribution < 1.29 is 9.18 Å². The van der Waals surface area contributed by atoms with E-state index in [1.54, 1.807) is 0 Å². The van der Waals surface area contributed by atoms with Gasteiger partial charge in [-0.25, -0.2) is 4.39 Å². The molecule has 6 unspecified atom stereocenters. The lowest BCUT2D eigenvalue weighted by Crippen LogP contribution is -2.48. The van der Waals surface area contributed by atoms with Gasteiger partial charge in [0.2, 0.25) is 5.91 Å². The first-order valence-corrected chi connectivity index (χ1v) is 9.71. The van der Waals surface area contributed by atoms with Crippen LogP contribution in [0.5, 0.6) is 0 Å². The summed E-state index contributed by atoms with van der Waals surface area (Å²) in [5.41, 5.74) is 0.0463. The van der Waals surface area contributed by atoms with Crippen molar-refractivity contribution in [1.82, 2.24) is 16.0 Å². The Bertz CT molecular complexity index is 432. The molecule has 0 spiro atoms. The zero-order valence-electron chi connectivity index (χ0n) is 12.9. The predicted molar refractivity (Wildman–Crippen MR) is 86.2 cm³/mol. The highest BCUT2D eigenvalue weighted by Gasteiger charge is 2.47. The molecule has 7 atom stereocenters. The van der Waals surface area contributed by atoms with Gasteiger partial charge in [0.25, 0.3) is 0 Å². The molecule has 3 N–H and O–H groups in total. The van der Waals surface area contributed by atoms with Crippen molar-refractivity contribution >= 4 is 17.7 Å². The summed E-state index contributed by atoms with van der Waals surface area (Å²) in [5.74, 6) is 1.50. The summed E-state index contributed by atoms with van der Waals surface area (Å²) in [6, 6.07) is 0.495. The second-order valence-electron chi connectivity index (χ2n) is 7.36. The molecule has 2 heterocycles. The van der Waals surface area contributed by atoms with Crippen LogP contribution in [0.15, 0.2) is 0 Å². The van der Waals surface area contributed by atoms with Gasteiger partial charge >= 0.3 is 0 Å². The Kier molecular flexibility index (Phi) is 4.35. The Morgan fingerprint density at radius 3 is 2.91 bits per heavy atom. The zero-order chi connectivity index (χ0) is 15.1. The molecule has 4 aliphatic rings. The van der Waals surface area contributed by atoms with Crippen LogP contribution in [-0.2, 0) is 4.79 Å². The molecule has 0 bridgehead atoms. The van der Waals surface area contributed by atoms with E-state index in [-0.39, 0.29) is 17.3 Å². The monoisotopic (exact) mass is 327 g/mol. The topological polar surface area (TPSA) is 53.2 Å². The van der Waals surface area contributed by atoms with E-state index >= 15 is 0 Å². The lowest BCUT2D eigenvalue weighted by molar-refractivity contribution is -0.124. The summed E-state index contributed by atoms with van der Waals surface area (Å²) in [4.78, 5) is 12.3. The van der Waals surface area contributed by atoms with E-state index < -0.39 is 6.17 Å². The molecule has 4 nitrogen and oxygen atoms in total. The lowest BCUT2D eigenvalue weighted by Gasteiger charge is -2.42. The van der Waals surface area contributed by atoms with Gasteiger partial charge in [0, 0.05) is 17.8 Å². The van der Waals surface area contributed by atoms with E-state index in [1.807, 2.05) is 11.8 Å². The van der Waals surface area contributed by atoms with Gasteiger partial charge in [0.1, 0.15) is 11.7 Å². The number of fused-ring (bicyclic) bond motifs is 3. The van der Waals surface area contributed by atoms with Gasteiger partial charge < -0.3 is 10.6 Å². The molecule has 4 fully saturated rings. The number of carbonyl (C=O) groups is 1. The Balaban J connectivity index is 1.36. The molecular weight excluding hydrogens is 301 g/mol. The molecule has 4 rings (SSSR count). The van der Waals surface area contributed by atoms with Gasteiger partial charge in [-0.1, -0.05) is 0 Å². The molecule has 0 aromatic carbocycles. The SMILES string of the molecule is O=C(NC1NC2CCC3CC(F)CCC3C2S1)[C@@H]1CCNC1. The van der Waals surface area contributed by atoms with Gasteiger partial charge in [0.05, 0.1) is 5.92 Å². The van der Waals surface area contributed by atoms with Crippen LogP contribution in [0.1, 0.15) is 38.5 Å². The average molecular weight is 327 g/mol. The minimum atomic E-state index is -0.581. The number of amides is 1. The van der Waals surface area contributed by atoms with Crippen molar-refractivity contribution in [2.75, 3.05) is 13.1 Å². The third-order valence-electron chi connectivity index (χ3n) is 6.01. The number of halogens is 1. The summed E-state index contributed by atoms with van der Waals surface area (Å²) in [7, 11) is 0. The maximum Gasteiger partial charge on any atom is 0.226 e. The van der Waals surface area contributed by atoms with Crippen LogP contribution in [0.2, 0.25) is 0 Å². The number of hydrogen-bond donors (Lipinski definition) is 3. The van der Waals surface area contributed by atoms with Crippen LogP contribution in [0, 0.1) is 17.8 Å². The summed E-state index contributed by atoms with van der Waals surface area (Å²) in [5, 5.41) is 10.6. The third kappa shape index (κ3) is 2.89. The second-order valence-corrected chi connectivity index (χ2v) is 8.65. The van der Waals surface area contributed by atoms with Gasteiger partial charge in [0.15, 0.2) is 0 Å². The highest BCUT2D eigenvalue weighted by molar-refractivity contribution is 8.00. The van der Waals surface area contributed by atoms with Crippen LogP contribution in [-0.4, -0.2) is 42.0 Å². The average Bonchev–Trinajstić information content (AvgIpc) is 3.15. The van der Waals surface area contributed by atoms with Crippen molar-refractivity contribution in [2.45, 2.75) is 61.5 Å². The first kappa shape index (κ1) is 15.2. The van der Waals surface area contributed by atoms with Crippen LogP contribution in [0.4, 0.5) is 4.39 Å². The van der Waals surface area contributed by atoms with E-state index in [9.17, 15) is 9.18 Å². The number of nitrogens with one attached hydrogen (secondary N) is 3. The molecule has 2 aliphatic carbocycles. The van der Waals surface area contributed by atoms with E-state index in [2.05, 4.69) is 16.0 Å². The fraction of sp³-hybridized carbons (Fsp3) is 0.938. The number of alkyl halides is 1. The standard InChI is InChI=1S/C16H26FN3OS/c17-11-2-3-12-9(7-11)1-4-13-14(12)22-16(19-13)20-15(21)10-5-6-18-8-10/h9-14,16,18-19H,1-8H2,(H,20,21)/t9?,10-,11?,12?,13?,14?,16?/m1/s1. The zero-order valence-corrected chi connectivity index (χ0v) is 13.7. The first-order chi connectivity index (χ1) is 10.7. The maximum absolute atomic E-state index is 13.6. The minimum absolute atomic E-state index is 0.0463.